The summed E-state index contributed by atoms with van der Waals surface area (Å²) in [5, 5.41) is 12.0. The van der Waals surface area contributed by atoms with Crippen molar-refractivity contribution in [1.29, 1.82) is 0 Å². The quantitative estimate of drug-likeness (QED) is 0.779. The molecule has 104 valence electrons. The topological polar surface area (TPSA) is 69.6 Å². The third-order valence-corrected chi connectivity index (χ3v) is 3.35. The van der Waals surface area contributed by atoms with Gasteiger partial charge in [0.15, 0.2) is 0 Å². The van der Waals surface area contributed by atoms with Crippen LogP contribution in [0.2, 0.25) is 0 Å². The second-order valence-electron chi connectivity index (χ2n) is 4.64. The highest BCUT2D eigenvalue weighted by molar-refractivity contribution is 5.81. The zero-order valence-electron chi connectivity index (χ0n) is 11.0. The Morgan fingerprint density at radius 2 is 2.20 bits per heavy atom. The van der Waals surface area contributed by atoms with Gasteiger partial charge in [0.1, 0.15) is 6.04 Å². The monoisotopic (exact) mass is 272 g/mol. The fraction of sp³-hybridized carbons (Fsp3) is 0.333. The van der Waals surface area contributed by atoms with Gasteiger partial charge in [-0.15, -0.1) is 6.42 Å². The average Bonchev–Trinajstić information content (AvgIpc) is 2.44. The van der Waals surface area contributed by atoms with E-state index in [1.165, 1.54) is 0 Å². The highest BCUT2D eigenvalue weighted by Gasteiger charge is 2.33. The summed E-state index contributed by atoms with van der Waals surface area (Å²) in [5.41, 5.74) is 1.79. The van der Waals surface area contributed by atoms with Crippen molar-refractivity contribution in [3.63, 3.8) is 0 Å². The van der Waals surface area contributed by atoms with Gasteiger partial charge in [-0.3, -0.25) is 14.5 Å². The summed E-state index contributed by atoms with van der Waals surface area (Å²) < 4.78 is 0. The normalized spacial score (nSPS) is 17.9. The molecule has 2 rings (SSSR count). The van der Waals surface area contributed by atoms with Gasteiger partial charge < -0.3 is 10.4 Å². The Balaban J connectivity index is 2.17. The summed E-state index contributed by atoms with van der Waals surface area (Å²) in [4.78, 5) is 24.9. The minimum Gasteiger partial charge on any atom is -0.480 e. The second-order valence-corrected chi connectivity index (χ2v) is 4.64. The lowest BCUT2D eigenvalue weighted by Gasteiger charge is -2.34. The fourth-order valence-electron chi connectivity index (χ4n) is 2.47. The summed E-state index contributed by atoms with van der Waals surface area (Å²) in [6, 6.07) is 6.67. The van der Waals surface area contributed by atoms with Crippen LogP contribution in [-0.4, -0.2) is 41.5 Å². The number of rotatable bonds is 4. The van der Waals surface area contributed by atoms with E-state index >= 15 is 0 Å². The van der Waals surface area contributed by atoms with Crippen molar-refractivity contribution in [3.8, 4) is 12.3 Å². The van der Waals surface area contributed by atoms with E-state index in [4.69, 9.17) is 6.42 Å². The average molecular weight is 272 g/mol. The predicted octanol–water partition coefficient (Wildman–Crippen LogP) is 0.420. The molecule has 1 aromatic carbocycles. The molecule has 0 saturated carbocycles. The molecule has 0 fully saturated rings. The number of terminal acetylenes is 1. The van der Waals surface area contributed by atoms with Crippen molar-refractivity contribution < 1.29 is 14.7 Å². The van der Waals surface area contributed by atoms with E-state index in [1.54, 1.807) is 11.0 Å². The molecule has 1 aliphatic heterocycles. The van der Waals surface area contributed by atoms with Crippen LogP contribution in [0.5, 0.6) is 0 Å². The number of carbonyl (C=O) groups is 2. The molecule has 0 bridgehead atoms. The first-order valence-corrected chi connectivity index (χ1v) is 6.38. The molecule has 1 heterocycles. The third kappa shape index (κ3) is 2.98. The maximum atomic E-state index is 11.7. The van der Waals surface area contributed by atoms with Crippen LogP contribution in [0.4, 0.5) is 0 Å². The van der Waals surface area contributed by atoms with Gasteiger partial charge in [-0.05, 0) is 17.5 Å². The summed E-state index contributed by atoms with van der Waals surface area (Å²) in [7, 11) is 0. The van der Waals surface area contributed by atoms with Crippen molar-refractivity contribution in [3.05, 3.63) is 35.4 Å². The number of nitrogens with zero attached hydrogens (tertiary/aromatic N) is 1. The minimum absolute atomic E-state index is 0.0347. The van der Waals surface area contributed by atoms with Gasteiger partial charge >= 0.3 is 5.97 Å². The number of fused-ring (bicyclic) bond motifs is 1. The van der Waals surface area contributed by atoms with Gasteiger partial charge in [-0.2, -0.15) is 0 Å². The van der Waals surface area contributed by atoms with E-state index in [2.05, 4.69) is 11.2 Å². The van der Waals surface area contributed by atoms with E-state index in [9.17, 15) is 14.7 Å². The Kier molecular flexibility index (Phi) is 4.38. The Hall–Kier alpha value is -2.32. The highest BCUT2D eigenvalue weighted by atomic mass is 16.4. The third-order valence-electron chi connectivity index (χ3n) is 3.35. The molecule has 5 heteroatoms. The maximum absolute atomic E-state index is 11.7. The molecule has 5 nitrogen and oxygen atoms in total. The van der Waals surface area contributed by atoms with Gasteiger partial charge in [0.05, 0.1) is 13.1 Å². The van der Waals surface area contributed by atoms with Crippen LogP contribution in [0.15, 0.2) is 24.3 Å². The standard InChI is InChI=1S/C15H16N2O3/c1-2-8-16-13(18)10-17-9-7-11-5-3-4-6-12(11)14(17)15(19)20/h1,3-6,14H,7-10H2,(H,16,18)(H,19,20). The molecule has 1 unspecified atom stereocenters. The van der Waals surface area contributed by atoms with E-state index in [1.807, 2.05) is 18.2 Å². The van der Waals surface area contributed by atoms with Crippen LogP contribution in [0.1, 0.15) is 17.2 Å². The van der Waals surface area contributed by atoms with Crippen LogP contribution < -0.4 is 5.32 Å². The summed E-state index contributed by atoms with van der Waals surface area (Å²) in [6.07, 6.45) is 5.81. The van der Waals surface area contributed by atoms with Crippen molar-refractivity contribution in [2.45, 2.75) is 12.5 Å². The Labute approximate surface area is 117 Å². The van der Waals surface area contributed by atoms with Crippen LogP contribution in [0.3, 0.4) is 0 Å². The van der Waals surface area contributed by atoms with Crippen LogP contribution >= 0.6 is 0 Å². The number of aliphatic carboxylic acids is 1. The van der Waals surface area contributed by atoms with Gasteiger partial charge in [0, 0.05) is 6.54 Å². The molecule has 0 spiro atoms. The van der Waals surface area contributed by atoms with Gasteiger partial charge in [-0.25, -0.2) is 0 Å². The SMILES string of the molecule is C#CCNC(=O)CN1CCc2ccccc2C1C(=O)O. The summed E-state index contributed by atoms with van der Waals surface area (Å²) in [6.45, 7) is 0.728. The number of benzene rings is 1. The van der Waals surface area contributed by atoms with Crippen molar-refractivity contribution >= 4 is 11.9 Å². The molecular formula is C15H16N2O3. The molecule has 20 heavy (non-hydrogen) atoms. The van der Waals surface area contributed by atoms with Crippen molar-refractivity contribution in [1.82, 2.24) is 10.2 Å². The molecule has 1 amide bonds. The number of carboxylic acid groups (broad SMARTS) is 1. The largest absolute Gasteiger partial charge is 0.480 e. The molecule has 0 aromatic heterocycles. The summed E-state index contributed by atoms with van der Waals surface area (Å²) >= 11 is 0. The molecule has 0 radical (unpaired) electrons. The molecule has 1 atom stereocenters. The number of carbonyl (C=O) groups excluding carboxylic acids is 1. The Bertz CT molecular complexity index is 562. The lowest BCUT2D eigenvalue weighted by molar-refractivity contribution is -0.144. The van der Waals surface area contributed by atoms with E-state index in [0.29, 0.717) is 6.54 Å². The number of hydrogen-bond donors (Lipinski definition) is 2. The van der Waals surface area contributed by atoms with E-state index < -0.39 is 12.0 Å². The van der Waals surface area contributed by atoms with E-state index in [-0.39, 0.29) is 19.0 Å². The number of amides is 1. The highest BCUT2D eigenvalue weighted by Crippen LogP contribution is 2.29. The second kappa shape index (κ2) is 6.22. The van der Waals surface area contributed by atoms with Crippen LogP contribution in [0, 0.1) is 12.3 Å². The van der Waals surface area contributed by atoms with Crippen molar-refractivity contribution in [2.75, 3.05) is 19.6 Å². The lowest BCUT2D eigenvalue weighted by atomic mass is 9.92. The fourth-order valence-corrected chi connectivity index (χ4v) is 2.47. The Morgan fingerprint density at radius 1 is 1.45 bits per heavy atom. The van der Waals surface area contributed by atoms with Gasteiger partial charge in [0.2, 0.25) is 5.91 Å². The van der Waals surface area contributed by atoms with Crippen molar-refractivity contribution in [2.24, 2.45) is 0 Å². The summed E-state index contributed by atoms with van der Waals surface area (Å²) in [5.74, 6) is 1.12. The van der Waals surface area contributed by atoms with Crippen LogP contribution in [0.25, 0.3) is 0 Å². The molecule has 1 aromatic rings. The lowest BCUT2D eigenvalue weighted by Crippen LogP contribution is -2.45. The predicted molar refractivity (Wildman–Crippen MR) is 73.9 cm³/mol. The van der Waals surface area contributed by atoms with Gasteiger partial charge in [0.25, 0.3) is 0 Å². The first-order chi connectivity index (χ1) is 9.63. The first-order valence-electron chi connectivity index (χ1n) is 6.38. The molecule has 0 aliphatic carbocycles. The number of nitrogens with one attached hydrogen (secondary N) is 1. The zero-order chi connectivity index (χ0) is 14.5. The first kappa shape index (κ1) is 14.1. The maximum Gasteiger partial charge on any atom is 0.325 e. The van der Waals surface area contributed by atoms with Crippen LogP contribution in [-0.2, 0) is 16.0 Å². The zero-order valence-corrected chi connectivity index (χ0v) is 11.0. The van der Waals surface area contributed by atoms with Gasteiger partial charge in [-0.1, -0.05) is 30.2 Å². The minimum atomic E-state index is -0.943. The number of hydrogen-bond acceptors (Lipinski definition) is 3. The molecular weight excluding hydrogens is 256 g/mol. The number of carboxylic acids is 1. The smallest absolute Gasteiger partial charge is 0.325 e. The Morgan fingerprint density at radius 3 is 2.90 bits per heavy atom. The molecule has 1 aliphatic rings. The molecule has 2 N–H and O–H groups in total. The van der Waals surface area contributed by atoms with E-state index in [0.717, 1.165) is 17.5 Å². The molecule has 0 saturated heterocycles.